The van der Waals surface area contributed by atoms with Crippen molar-refractivity contribution in [2.24, 2.45) is 0 Å². The number of nitrogens with zero attached hydrogens (tertiary/aromatic N) is 6. The Morgan fingerprint density at radius 1 is 1.03 bits per heavy atom. The van der Waals surface area contributed by atoms with E-state index in [0.29, 0.717) is 17.9 Å². The van der Waals surface area contributed by atoms with E-state index in [1.165, 1.54) is 25.7 Å². The van der Waals surface area contributed by atoms with Crippen LogP contribution < -0.4 is 15.5 Å². The zero-order valence-corrected chi connectivity index (χ0v) is 18.4. The van der Waals surface area contributed by atoms with E-state index in [0.717, 1.165) is 53.4 Å². The number of nitrogens with one attached hydrogen (secondary N) is 2. The third-order valence-corrected chi connectivity index (χ3v) is 6.72. The molecule has 1 aliphatic carbocycles. The van der Waals surface area contributed by atoms with Crippen LogP contribution in [0.1, 0.15) is 31.4 Å². The first kappa shape index (κ1) is 20.1. The van der Waals surface area contributed by atoms with Crippen LogP contribution in [-0.4, -0.2) is 57.3 Å². The zero-order chi connectivity index (χ0) is 21.0. The third kappa shape index (κ3) is 4.75. The van der Waals surface area contributed by atoms with Crippen LogP contribution in [-0.2, 0) is 4.74 Å². The number of hydrogen-bond acceptors (Lipinski definition) is 10. The second kappa shape index (κ2) is 9.11. The molecule has 9 nitrogen and oxygen atoms in total. The highest BCUT2D eigenvalue weighted by atomic mass is 32.1. The molecule has 0 radical (unpaired) electrons. The summed E-state index contributed by atoms with van der Waals surface area (Å²) < 4.78 is 5.40. The van der Waals surface area contributed by atoms with E-state index in [1.807, 2.05) is 25.4 Å². The number of thiazole rings is 1. The van der Waals surface area contributed by atoms with Crippen LogP contribution in [0.3, 0.4) is 0 Å². The Morgan fingerprint density at radius 2 is 1.81 bits per heavy atom. The van der Waals surface area contributed by atoms with Crippen molar-refractivity contribution in [2.75, 3.05) is 41.8 Å². The first-order valence-electron chi connectivity index (χ1n) is 10.7. The van der Waals surface area contributed by atoms with Crippen molar-refractivity contribution in [3.8, 4) is 10.6 Å². The Morgan fingerprint density at radius 3 is 2.58 bits per heavy atom. The van der Waals surface area contributed by atoms with Crippen molar-refractivity contribution >= 4 is 34.1 Å². The summed E-state index contributed by atoms with van der Waals surface area (Å²) in [7, 11) is 0. The number of aromatic nitrogens is 5. The molecule has 31 heavy (non-hydrogen) atoms. The van der Waals surface area contributed by atoms with Crippen molar-refractivity contribution in [2.45, 2.75) is 38.6 Å². The van der Waals surface area contributed by atoms with Gasteiger partial charge in [-0.3, -0.25) is 5.32 Å². The van der Waals surface area contributed by atoms with Gasteiger partial charge in [0.2, 0.25) is 11.9 Å². The molecule has 3 aromatic rings. The average Bonchev–Trinajstić information content (AvgIpc) is 3.45. The van der Waals surface area contributed by atoms with Gasteiger partial charge in [0.05, 0.1) is 47.6 Å². The van der Waals surface area contributed by atoms with Gasteiger partial charge in [-0.15, -0.1) is 0 Å². The summed E-state index contributed by atoms with van der Waals surface area (Å²) in [5.74, 6) is 0.938. The Bertz CT molecular complexity index is 1010. The molecular weight excluding hydrogens is 412 g/mol. The molecule has 2 N–H and O–H groups in total. The van der Waals surface area contributed by atoms with Crippen LogP contribution in [0.2, 0.25) is 0 Å². The van der Waals surface area contributed by atoms with E-state index >= 15 is 0 Å². The molecule has 1 aliphatic heterocycles. The lowest BCUT2D eigenvalue weighted by Gasteiger charge is -2.28. The predicted octanol–water partition coefficient (Wildman–Crippen LogP) is 3.63. The fraction of sp³-hybridized carbons (Fsp3) is 0.476. The van der Waals surface area contributed by atoms with Crippen LogP contribution in [0, 0.1) is 6.92 Å². The van der Waals surface area contributed by atoms with Crippen molar-refractivity contribution in [3.05, 3.63) is 30.4 Å². The summed E-state index contributed by atoms with van der Waals surface area (Å²) in [4.78, 5) is 25.8. The highest BCUT2D eigenvalue weighted by Gasteiger charge is 2.18. The van der Waals surface area contributed by atoms with Crippen molar-refractivity contribution in [1.29, 1.82) is 0 Å². The number of rotatable bonds is 6. The number of morpholine rings is 1. The van der Waals surface area contributed by atoms with Crippen molar-refractivity contribution in [1.82, 2.24) is 24.9 Å². The minimum Gasteiger partial charge on any atom is -0.378 e. The van der Waals surface area contributed by atoms with Gasteiger partial charge in [0.25, 0.3) is 0 Å². The normalized spacial score (nSPS) is 17.1. The number of hydrogen-bond donors (Lipinski definition) is 2. The Kier molecular flexibility index (Phi) is 5.90. The largest absolute Gasteiger partial charge is 0.378 e. The molecule has 4 heterocycles. The lowest BCUT2D eigenvalue weighted by Crippen LogP contribution is -2.36. The molecule has 10 heteroatoms. The van der Waals surface area contributed by atoms with Crippen molar-refractivity contribution in [3.63, 3.8) is 0 Å². The van der Waals surface area contributed by atoms with Gasteiger partial charge in [0.15, 0.2) is 5.13 Å². The van der Waals surface area contributed by atoms with Crippen LogP contribution >= 0.6 is 11.3 Å². The zero-order valence-electron chi connectivity index (χ0n) is 17.5. The quantitative estimate of drug-likeness (QED) is 0.597. The fourth-order valence-corrected chi connectivity index (χ4v) is 4.97. The summed E-state index contributed by atoms with van der Waals surface area (Å²) in [5.41, 5.74) is 2.81. The van der Waals surface area contributed by atoms with Gasteiger partial charge < -0.3 is 15.0 Å². The summed E-state index contributed by atoms with van der Waals surface area (Å²) in [6.07, 6.45) is 10.4. The molecule has 1 saturated carbocycles. The maximum absolute atomic E-state index is 5.40. The fourth-order valence-electron chi connectivity index (χ4n) is 3.96. The Hall–Kier alpha value is -2.85. The van der Waals surface area contributed by atoms with Gasteiger partial charge >= 0.3 is 0 Å². The van der Waals surface area contributed by atoms with E-state index in [9.17, 15) is 0 Å². The minimum atomic E-state index is 0.467. The molecule has 1 saturated heterocycles. The maximum Gasteiger partial charge on any atom is 0.230 e. The van der Waals surface area contributed by atoms with Gasteiger partial charge in [0, 0.05) is 25.3 Å². The lowest BCUT2D eigenvalue weighted by atomic mass is 10.3. The van der Waals surface area contributed by atoms with E-state index in [2.05, 4.69) is 35.5 Å². The van der Waals surface area contributed by atoms with Gasteiger partial charge in [-0.1, -0.05) is 24.2 Å². The molecule has 0 unspecified atom stereocenters. The average molecular weight is 439 g/mol. The molecular formula is C21H26N8OS. The van der Waals surface area contributed by atoms with E-state index < -0.39 is 0 Å². The number of aryl methyl sites for hydroxylation is 1. The van der Waals surface area contributed by atoms with Crippen molar-refractivity contribution < 1.29 is 4.74 Å². The maximum atomic E-state index is 5.40. The van der Waals surface area contributed by atoms with Gasteiger partial charge in [0.1, 0.15) is 0 Å². The summed E-state index contributed by atoms with van der Waals surface area (Å²) in [6.45, 7) is 5.19. The Labute approximate surface area is 185 Å². The molecule has 5 rings (SSSR count). The van der Waals surface area contributed by atoms with Gasteiger partial charge in [-0.25, -0.2) is 24.9 Å². The lowest BCUT2D eigenvalue weighted by molar-refractivity contribution is 0.122. The first-order chi connectivity index (χ1) is 15.2. The smallest absolute Gasteiger partial charge is 0.230 e. The topological polar surface area (TPSA) is 101 Å². The molecule has 0 amide bonds. The van der Waals surface area contributed by atoms with Crippen LogP contribution in [0.15, 0.2) is 24.7 Å². The molecule has 0 bridgehead atoms. The van der Waals surface area contributed by atoms with E-state index in [4.69, 9.17) is 9.72 Å². The standard InChI is InChI=1S/C21H26N8OS/c1-14-18(31-21(25-14)26-15-4-2-3-5-15)17-6-7-22-20(27-17)28-19-23-12-16(13-24-19)29-8-10-30-11-9-29/h6-7,12-13,15H,2-5,8-11H2,1H3,(H,25,26)(H,22,23,24,27,28). The molecule has 0 atom stereocenters. The molecule has 0 spiro atoms. The van der Waals surface area contributed by atoms with E-state index in [-0.39, 0.29) is 0 Å². The predicted molar refractivity (Wildman–Crippen MR) is 122 cm³/mol. The number of anilines is 4. The second-order valence-electron chi connectivity index (χ2n) is 7.81. The molecule has 0 aromatic carbocycles. The SMILES string of the molecule is Cc1nc(NC2CCCC2)sc1-c1ccnc(Nc2ncc(N3CCOCC3)cn2)n1. The molecule has 2 aliphatic rings. The highest BCUT2D eigenvalue weighted by molar-refractivity contribution is 7.19. The number of ether oxygens (including phenoxy) is 1. The monoisotopic (exact) mass is 438 g/mol. The summed E-state index contributed by atoms with van der Waals surface area (Å²) in [6, 6.07) is 2.45. The van der Waals surface area contributed by atoms with Gasteiger partial charge in [-0.05, 0) is 25.8 Å². The minimum absolute atomic E-state index is 0.467. The first-order valence-corrected chi connectivity index (χ1v) is 11.6. The Balaban J connectivity index is 1.28. The third-order valence-electron chi connectivity index (χ3n) is 5.61. The van der Waals surface area contributed by atoms with Crippen LogP contribution in [0.4, 0.5) is 22.7 Å². The van der Waals surface area contributed by atoms with Gasteiger partial charge in [-0.2, -0.15) is 0 Å². The van der Waals surface area contributed by atoms with Crippen LogP contribution in [0.25, 0.3) is 10.6 Å². The second-order valence-corrected chi connectivity index (χ2v) is 8.81. The summed E-state index contributed by atoms with van der Waals surface area (Å²) >= 11 is 1.64. The highest BCUT2D eigenvalue weighted by Crippen LogP contribution is 2.33. The molecule has 162 valence electrons. The van der Waals surface area contributed by atoms with Crippen LogP contribution in [0.5, 0.6) is 0 Å². The molecule has 3 aromatic heterocycles. The molecule has 2 fully saturated rings. The van der Waals surface area contributed by atoms with E-state index in [1.54, 1.807) is 17.5 Å². The summed E-state index contributed by atoms with van der Waals surface area (Å²) in [5, 5.41) is 7.65.